The summed E-state index contributed by atoms with van der Waals surface area (Å²) >= 11 is 0. The molecule has 0 fully saturated rings. The quantitative estimate of drug-likeness (QED) is 0.782. The van der Waals surface area contributed by atoms with E-state index in [9.17, 15) is 4.57 Å². The van der Waals surface area contributed by atoms with Crippen LogP contribution in [0.4, 0.5) is 0 Å². The van der Waals surface area contributed by atoms with Gasteiger partial charge in [-0.2, -0.15) is 0 Å². The lowest BCUT2D eigenvalue weighted by atomic mass is 9.87. The lowest BCUT2D eigenvalue weighted by molar-refractivity contribution is 0.0536. The van der Waals surface area contributed by atoms with E-state index in [1.165, 1.54) is 0 Å². The summed E-state index contributed by atoms with van der Waals surface area (Å²) in [6.45, 7) is 3.94. The van der Waals surface area contributed by atoms with Gasteiger partial charge >= 0.3 is 8.25 Å². The van der Waals surface area contributed by atoms with Gasteiger partial charge in [0.1, 0.15) is 5.60 Å². The molecule has 0 aliphatic carbocycles. The minimum Gasteiger partial charge on any atom is -0.326 e. The van der Waals surface area contributed by atoms with Crippen LogP contribution in [0.3, 0.4) is 0 Å². The Kier molecular flexibility index (Phi) is 5.35. The molecule has 2 rings (SSSR count). The Morgan fingerprint density at radius 2 is 1.48 bits per heavy atom. The van der Waals surface area contributed by atoms with Crippen molar-refractivity contribution in [3.8, 4) is 11.1 Å². The fourth-order valence-corrected chi connectivity index (χ4v) is 3.37. The Morgan fingerprint density at radius 1 is 0.952 bits per heavy atom. The maximum absolute atomic E-state index is 11.2. The average Bonchev–Trinajstić information content (AvgIpc) is 2.53. The van der Waals surface area contributed by atoms with E-state index in [1.54, 1.807) is 0 Å². The molecule has 0 amide bonds. The minimum atomic E-state index is -2.97. The van der Waals surface area contributed by atoms with E-state index in [1.807, 2.05) is 56.3 Å². The summed E-state index contributed by atoms with van der Waals surface area (Å²) in [6, 6.07) is 18.2. The second kappa shape index (κ2) is 7.04. The number of rotatable bonds is 6. The highest BCUT2D eigenvalue weighted by Crippen LogP contribution is 2.40. The predicted octanol–water partition coefficient (Wildman–Crippen LogP) is 4.77. The first kappa shape index (κ1) is 16.0. The summed E-state index contributed by atoms with van der Waals surface area (Å²) in [5, 5.41) is 0. The van der Waals surface area contributed by atoms with Crippen molar-refractivity contribution < 1.29 is 14.0 Å². The molecule has 2 aromatic rings. The first-order chi connectivity index (χ1) is 10.1. The molecule has 1 unspecified atom stereocenters. The zero-order chi connectivity index (χ0) is 15.3. The minimum absolute atomic E-state index is 0.658. The van der Waals surface area contributed by atoms with E-state index in [-0.39, 0.29) is 0 Å². The summed E-state index contributed by atoms with van der Waals surface area (Å²) in [4.78, 5) is 9.17. The maximum atomic E-state index is 11.2. The Bertz CT molecular complexity index is 589. The Hall–Kier alpha value is -1.41. The van der Waals surface area contributed by atoms with E-state index >= 15 is 0 Å². The Morgan fingerprint density at radius 3 is 1.95 bits per heavy atom. The fourth-order valence-electron chi connectivity index (χ4n) is 2.63. The summed E-state index contributed by atoms with van der Waals surface area (Å²) in [5.74, 6) is 0. The van der Waals surface area contributed by atoms with Crippen LogP contribution in [0.15, 0.2) is 54.6 Å². The molecule has 3 nitrogen and oxygen atoms in total. The van der Waals surface area contributed by atoms with Gasteiger partial charge in [-0.05, 0) is 29.5 Å². The van der Waals surface area contributed by atoms with Crippen molar-refractivity contribution in [2.45, 2.75) is 32.3 Å². The third-order valence-corrected chi connectivity index (χ3v) is 4.51. The highest BCUT2D eigenvalue weighted by atomic mass is 31.1. The van der Waals surface area contributed by atoms with Gasteiger partial charge in [0.25, 0.3) is 0 Å². The third kappa shape index (κ3) is 3.62. The van der Waals surface area contributed by atoms with Crippen LogP contribution >= 0.6 is 8.25 Å². The summed E-state index contributed by atoms with van der Waals surface area (Å²) in [5.41, 5.74) is 2.54. The SMILES string of the molecule is CCC(CC)(O[PH](=O)O)c1ccc(-c2ccccc2)cc1. The lowest BCUT2D eigenvalue weighted by Crippen LogP contribution is -2.25. The molecule has 0 aliphatic rings. The summed E-state index contributed by atoms with van der Waals surface area (Å²) < 4.78 is 16.5. The van der Waals surface area contributed by atoms with Crippen LogP contribution in [-0.2, 0) is 14.7 Å². The molecule has 0 bridgehead atoms. The number of benzene rings is 2. The van der Waals surface area contributed by atoms with Crippen LogP contribution in [0.1, 0.15) is 32.3 Å². The standard InChI is InChI=1S/C17H21O3P/c1-3-17(4-2,20-21(18)19)16-12-10-15(11-13-16)14-8-6-5-7-9-14/h5-13,21H,3-4H2,1-2H3,(H,18,19). The molecule has 0 radical (unpaired) electrons. The zero-order valence-electron chi connectivity index (χ0n) is 12.4. The monoisotopic (exact) mass is 304 g/mol. The lowest BCUT2D eigenvalue weighted by Gasteiger charge is -2.31. The van der Waals surface area contributed by atoms with E-state index in [4.69, 9.17) is 9.42 Å². The molecule has 1 atom stereocenters. The molecular weight excluding hydrogens is 283 g/mol. The fraction of sp³-hybridized carbons (Fsp3) is 0.294. The molecule has 1 N–H and O–H groups in total. The highest BCUT2D eigenvalue weighted by molar-refractivity contribution is 7.32. The molecule has 0 spiro atoms. The molecule has 0 aromatic heterocycles. The van der Waals surface area contributed by atoms with E-state index in [2.05, 4.69) is 12.1 Å². The largest absolute Gasteiger partial charge is 0.326 e. The van der Waals surface area contributed by atoms with Crippen molar-refractivity contribution in [2.24, 2.45) is 0 Å². The van der Waals surface area contributed by atoms with Crippen molar-refractivity contribution in [3.63, 3.8) is 0 Å². The van der Waals surface area contributed by atoms with Crippen molar-refractivity contribution in [3.05, 3.63) is 60.2 Å². The van der Waals surface area contributed by atoms with Crippen molar-refractivity contribution in [2.75, 3.05) is 0 Å². The smallest absolute Gasteiger partial charge is 0.317 e. The van der Waals surface area contributed by atoms with Crippen molar-refractivity contribution >= 4 is 8.25 Å². The summed E-state index contributed by atoms with van der Waals surface area (Å²) in [6.07, 6.45) is 1.32. The van der Waals surface area contributed by atoms with Crippen LogP contribution in [-0.4, -0.2) is 4.89 Å². The molecule has 21 heavy (non-hydrogen) atoms. The van der Waals surface area contributed by atoms with E-state index in [0.717, 1.165) is 16.7 Å². The zero-order valence-corrected chi connectivity index (χ0v) is 13.4. The Labute approximate surface area is 126 Å². The van der Waals surface area contributed by atoms with Crippen LogP contribution in [0.25, 0.3) is 11.1 Å². The van der Waals surface area contributed by atoms with E-state index < -0.39 is 13.9 Å². The average molecular weight is 304 g/mol. The molecule has 4 heteroatoms. The van der Waals surface area contributed by atoms with Crippen LogP contribution in [0, 0.1) is 0 Å². The van der Waals surface area contributed by atoms with Gasteiger partial charge in [0.15, 0.2) is 0 Å². The van der Waals surface area contributed by atoms with Gasteiger partial charge in [-0.15, -0.1) is 0 Å². The van der Waals surface area contributed by atoms with Crippen LogP contribution < -0.4 is 0 Å². The second-order valence-electron chi connectivity index (χ2n) is 5.01. The normalized spacial score (nSPS) is 13.1. The molecular formula is C17H21O3P. The van der Waals surface area contributed by atoms with Gasteiger partial charge in [-0.25, -0.2) is 0 Å². The molecule has 0 aliphatic heterocycles. The van der Waals surface area contributed by atoms with E-state index in [0.29, 0.717) is 12.8 Å². The topological polar surface area (TPSA) is 46.5 Å². The van der Waals surface area contributed by atoms with Gasteiger partial charge in [0, 0.05) is 0 Å². The van der Waals surface area contributed by atoms with Gasteiger partial charge in [0.05, 0.1) is 0 Å². The number of hydrogen-bond acceptors (Lipinski definition) is 2. The van der Waals surface area contributed by atoms with Gasteiger partial charge < -0.3 is 4.89 Å². The highest BCUT2D eigenvalue weighted by Gasteiger charge is 2.31. The van der Waals surface area contributed by atoms with Gasteiger partial charge in [0.2, 0.25) is 0 Å². The first-order valence-electron chi connectivity index (χ1n) is 7.19. The first-order valence-corrected chi connectivity index (χ1v) is 8.45. The molecule has 0 saturated carbocycles. The molecule has 0 saturated heterocycles. The molecule has 112 valence electrons. The van der Waals surface area contributed by atoms with Crippen molar-refractivity contribution in [1.29, 1.82) is 0 Å². The molecule has 0 heterocycles. The third-order valence-electron chi connectivity index (χ3n) is 3.94. The van der Waals surface area contributed by atoms with Gasteiger partial charge in [-0.1, -0.05) is 68.4 Å². The maximum Gasteiger partial charge on any atom is 0.317 e. The second-order valence-corrected chi connectivity index (χ2v) is 5.75. The van der Waals surface area contributed by atoms with Crippen LogP contribution in [0.2, 0.25) is 0 Å². The predicted molar refractivity (Wildman–Crippen MR) is 86.4 cm³/mol. The Balaban J connectivity index is 2.34. The number of hydrogen-bond donors (Lipinski definition) is 1. The van der Waals surface area contributed by atoms with Crippen molar-refractivity contribution in [1.82, 2.24) is 0 Å². The summed E-state index contributed by atoms with van der Waals surface area (Å²) in [7, 11) is -2.97. The van der Waals surface area contributed by atoms with Crippen LogP contribution in [0.5, 0.6) is 0 Å². The van der Waals surface area contributed by atoms with Gasteiger partial charge in [-0.3, -0.25) is 9.09 Å². The molecule has 2 aromatic carbocycles.